The van der Waals surface area contributed by atoms with Crippen LogP contribution < -0.4 is 5.73 Å². The van der Waals surface area contributed by atoms with Gasteiger partial charge in [0.2, 0.25) is 0 Å². The molecule has 1 unspecified atom stereocenters. The van der Waals surface area contributed by atoms with Crippen LogP contribution in [0.1, 0.15) is 49.9 Å². The van der Waals surface area contributed by atoms with Crippen molar-refractivity contribution in [2.45, 2.75) is 52.6 Å². The smallest absolute Gasteiger partial charge is 0.0475 e. The van der Waals surface area contributed by atoms with Crippen LogP contribution in [0.2, 0.25) is 0 Å². The standard InChI is InChI=1S/C16H28N2/c1-7-16(4,5)18(6)15(11-17)14-10-12(2)8-9-13(14)3/h8-10,15H,7,11,17H2,1-6H3. The molecule has 102 valence electrons. The van der Waals surface area contributed by atoms with Gasteiger partial charge < -0.3 is 5.73 Å². The Morgan fingerprint density at radius 3 is 2.39 bits per heavy atom. The summed E-state index contributed by atoms with van der Waals surface area (Å²) in [6.07, 6.45) is 1.12. The molecule has 0 aliphatic heterocycles. The normalized spacial score (nSPS) is 14.0. The Labute approximate surface area is 112 Å². The molecule has 0 radical (unpaired) electrons. The van der Waals surface area contributed by atoms with Gasteiger partial charge in [0.15, 0.2) is 0 Å². The molecule has 0 fully saturated rings. The molecule has 2 heteroatoms. The van der Waals surface area contributed by atoms with Gasteiger partial charge in [-0.2, -0.15) is 0 Å². The lowest BCUT2D eigenvalue weighted by Gasteiger charge is -2.41. The number of hydrogen-bond donors (Lipinski definition) is 1. The van der Waals surface area contributed by atoms with E-state index in [-0.39, 0.29) is 5.54 Å². The topological polar surface area (TPSA) is 29.3 Å². The third kappa shape index (κ3) is 3.12. The molecule has 0 aliphatic carbocycles. The molecule has 0 heterocycles. The van der Waals surface area contributed by atoms with E-state index in [2.05, 4.69) is 64.8 Å². The van der Waals surface area contributed by atoms with Crippen LogP contribution >= 0.6 is 0 Å². The van der Waals surface area contributed by atoms with Gasteiger partial charge >= 0.3 is 0 Å². The van der Waals surface area contributed by atoms with Crippen molar-refractivity contribution >= 4 is 0 Å². The van der Waals surface area contributed by atoms with Gasteiger partial charge in [-0.05, 0) is 52.3 Å². The first kappa shape index (κ1) is 15.2. The Hall–Kier alpha value is -0.860. The summed E-state index contributed by atoms with van der Waals surface area (Å²) < 4.78 is 0. The molecule has 18 heavy (non-hydrogen) atoms. The summed E-state index contributed by atoms with van der Waals surface area (Å²) in [5.41, 5.74) is 10.2. The predicted molar refractivity (Wildman–Crippen MR) is 79.8 cm³/mol. The van der Waals surface area contributed by atoms with E-state index < -0.39 is 0 Å². The van der Waals surface area contributed by atoms with Gasteiger partial charge in [0.25, 0.3) is 0 Å². The van der Waals surface area contributed by atoms with E-state index in [1.807, 2.05) is 0 Å². The van der Waals surface area contributed by atoms with E-state index in [4.69, 9.17) is 5.73 Å². The maximum Gasteiger partial charge on any atom is 0.0475 e. The Morgan fingerprint density at radius 2 is 1.89 bits per heavy atom. The molecule has 1 aromatic carbocycles. The number of nitrogens with zero attached hydrogens (tertiary/aromatic N) is 1. The van der Waals surface area contributed by atoms with Crippen molar-refractivity contribution in [3.63, 3.8) is 0 Å². The summed E-state index contributed by atoms with van der Waals surface area (Å²) in [6, 6.07) is 6.92. The molecule has 0 bridgehead atoms. The highest BCUT2D eigenvalue weighted by Gasteiger charge is 2.28. The highest BCUT2D eigenvalue weighted by molar-refractivity contribution is 5.33. The van der Waals surface area contributed by atoms with E-state index in [9.17, 15) is 0 Å². The highest BCUT2D eigenvalue weighted by Crippen LogP contribution is 2.30. The molecule has 0 aromatic heterocycles. The molecule has 1 atom stereocenters. The van der Waals surface area contributed by atoms with E-state index >= 15 is 0 Å². The number of aryl methyl sites for hydroxylation is 2. The zero-order chi connectivity index (χ0) is 13.9. The fourth-order valence-electron chi connectivity index (χ4n) is 2.28. The maximum absolute atomic E-state index is 6.03. The molecule has 0 aliphatic rings. The Bertz CT molecular complexity index is 396. The zero-order valence-electron chi connectivity index (χ0n) is 12.7. The van der Waals surface area contributed by atoms with Crippen LogP contribution in [0.3, 0.4) is 0 Å². The van der Waals surface area contributed by atoms with Crippen LogP contribution in [0.5, 0.6) is 0 Å². The van der Waals surface area contributed by atoms with Crippen molar-refractivity contribution in [3.05, 3.63) is 34.9 Å². The van der Waals surface area contributed by atoms with Crippen LogP contribution in [0, 0.1) is 13.8 Å². The summed E-state index contributed by atoms with van der Waals surface area (Å²) in [5.74, 6) is 0. The molecular weight excluding hydrogens is 220 g/mol. The minimum atomic E-state index is 0.167. The van der Waals surface area contributed by atoms with Gasteiger partial charge in [-0.3, -0.25) is 4.90 Å². The molecule has 0 spiro atoms. The summed E-state index contributed by atoms with van der Waals surface area (Å²) in [7, 11) is 2.18. The molecule has 0 amide bonds. The van der Waals surface area contributed by atoms with Crippen molar-refractivity contribution < 1.29 is 0 Å². The number of nitrogens with two attached hydrogens (primary N) is 1. The molecule has 1 aromatic rings. The van der Waals surface area contributed by atoms with E-state index in [1.165, 1.54) is 16.7 Å². The van der Waals surface area contributed by atoms with Crippen molar-refractivity contribution in [1.29, 1.82) is 0 Å². The molecule has 2 N–H and O–H groups in total. The van der Waals surface area contributed by atoms with Crippen LogP contribution in [0.25, 0.3) is 0 Å². The summed E-state index contributed by atoms with van der Waals surface area (Å²) >= 11 is 0. The Kier molecular flexibility index (Phi) is 4.94. The molecule has 2 nitrogen and oxygen atoms in total. The van der Waals surface area contributed by atoms with Crippen LogP contribution in [-0.4, -0.2) is 24.0 Å². The fraction of sp³-hybridized carbons (Fsp3) is 0.625. The van der Waals surface area contributed by atoms with Crippen molar-refractivity contribution in [2.24, 2.45) is 5.73 Å². The van der Waals surface area contributed by atoms with Crippen molar-refractivity contribution in [3.8, 4) is 0 Å². The predicted octanol–water partition coefficient (Wildman–Crippen LogP) is 3.42. The van der Waals surface area contributed by atoms with Gasteiger partial charge in [0.05, 0.1) is 0 Å². The molecule has 0 saturated heterocycles. The number of benzene rings is 1. The minimum absolute atomic E-state index is 0.167. The van der Waals surface area contributed by atoms with Crippen LogP contribution in [-0.2, 0) is 0 Å². The van der Waals surface area contributed by atoms with Crippen LogP contribution in [0.15, 0.2) is 18.2 Å². The minimum Gasteiger partial charge on any atom is -0.329 e. The fourth-order valence-corrected chi connectivity index (χ4v) is 2.28. The van der Waals surface area contributed by atoms with Crippen molar-refractivity contribution in [2.75, 3.05) is 13.6 Å². The monoisotopic (exact) mass is 248 g/mol. The van der Waals surface area contributed by atoms with E-state index in [1.54, 1.807) is 0 Å². The second kappa shape index (κ2) is 5.85. The third-order valence-electron chi connectivity index (χ3n) is 4.30. The molecule has 1 rings (SSSR count). The summed E-state index contributed by atoms with van der Waals surface area (Å²) in [6.45, 7) is 11.8. The van der Waals surface area contributed by atoms with Gasteiger partial charge in [-0.15, -0.1) is 0 Å². The number of hydrogen-bond acceptors (Lipinski definition) is 2. The third-order valence-corrected chi connectivity index (χ3v) is 4.30. The average molecular weight is 248 g/mol. The lowest BCUT2D eigenvalue weighted by Crippen LogP contribution is -2.45. The lowest BCUT2D eigenvalue weighted by atomic mass is 9.92. The van der Waals surface area contributed by atoms with Gasteiger partial charge in [-0.25, -0.2) is 0 Å². The zero-order valence-corrected chi connectivity index (χ0v) is 12.7. The SMILES string of the molecule is CCC(C)(C)N(C)C(CN)c1cc(C)ccc1C. The first-order chi connectivity index (χ1) is 8.33. The Balaban J connectivity index is 3.13. The lowest BCUT2D eigenvalue weighted by molar-refractivity contribution is 0.100. The quantitative estimate of drug-likeness (QED) is 0.865. The van der Waals surface area contributed by atoms with E-state index in [0.29, 0.717) is 12.6 Å². The van der Waals surface area contributed by atoms with Gasteiger partial charge in [0, 0.05) is 18.1 Å². The van der Waals surface area contributed by atoms with Crippen LogP contribution in [0.4, 0.5) is 0 Å². The van der Waals surface area contributed by atoms with Gasteiger partial charge in [0.1, 0.15) is 0 Å². The van der Waals surface area contributed by atoms with Gasteiger partial charge in [-0.1, -0.05) is 30.7 Å². The first-order valence-corrected chi connectivity index (χ1v) is 6.83. The first-order valence-electron chi connectivity index (χ1n) is 6.83. The number of likely N-dealkylation sites (N-methyl/N-ethyl adjacent to an activating group) is 1. The highest BCUT2D eigenvalue weighted by atomic mass is 15.2. The summed E-state index contributed by atoms with van der Waals surface area (Å²) in [4.78, 5) is 2.41. The van der Waals surface area contributed by atoms with Crippen molar-refractivity contribution in [1.82, 2.24) is 4.90 Å². The maximum atomic E-state index is 6.03. The number of rotatable bonds is 5. The molecule has 0 saturated carbocycles. The van der Waals surface area contributed by atoms with E-state index in [0.717, 1.165) is 6.42 Å². The average Bonchev–Trinajstić information content (AvgIpc) is 2.34. The second-order valence-electron chi connectivity index (χ2n) is 5.89. The summed E-state index contributed by atoms with van der Waals surface area (Å²) in [5, 5.41) is 0. The Morgan fingerprint density at radius 1 is 1.28 bits per heavy atom. The largest absolute Gasteiger partial charge is 0.329 e. The molecular formula is C16H28N2. The second-order valence-corrected chi connectivity index (χ2v) is 5.89.